The van der Waals surface area contributed by atoms with E-state index in [1.807, 2.05) is 0 Å². The van der Waals surface area contributed by atoms with Crippen LogP contribution in [0.1, 0.15) is 24.0 Å². The zero-order chi connectivity index (χ0) is 18.4. The van der Waals surface area contributed by atoms with Gasteiger partial charge in [-0.15, -0.1) is 0 Å². The third-order valence-corrected chi connectivity index (χ3v) is 4.92. The number of benzene rings is 2. The van der Waals surface area contributed by atoms with Crippen LogP contribution < -0.4 is 10.1 Å². The number of nitrogens with one attached hydrogen (secondary N) is 1. The lowest BCUT2D eigenvalue weighted by Gasteiger charge is -2.14. The maximum atomic E-state index is 12.0. The van der Waals surface area contributed by atoms with Crippen LogP contribution in [0.4, 0.5) is 0 Å². The van der Waals surface area contributed by atoms with Crippen LogP contribution in [0.3, 0.4) is 0 Å². The standard InChI is InChI=1S/C20H22Cl2N2O2/c21-17-7-8-18(22)19(11-17)26-14-20(25)23-12-15-3-5-16(6-4-15)13-24-9-1-2-10-24/h3-8,11H,1-2,9-10,12-14H2,(H,23,25). The minimum Gasteiger partial charge on any atom is -0.482 e. The van der Waals surface area contributed by atoms with Gasteiger partial charge in [0.15, 0.2) is 6.61 Å². The van der Waals surface area contributed by atoms with Crippen LogP contribution in [0.2, 0.25) is 10.0 Å². The third kappa shape index (κ3) is 5.63. The van der Waals surface area contributed by atoms with Gasteiger partial charge in [-0.3, -0.25) is 9.69 Å². The van der Waals surface area contributed by atoms with E-state index < -0.39 is 0 Å². The number of hydrogen-bond donors (Lipinski definition) is 1. The van der Waals surface area contributed by atoms with Gasteiger partial charge in [0.05, 0.1) is 5.02 Å². The van der Waals surface area contributed by atoms with Gasteiger partial charge in [0.25, 0.3) is 5.91 Å². The molecule has 1 saturated heterocycles. The molecular formula is C20H22Cl2N2O2. The van der Waals surface area contributed by atoms with E-state index in [4.69, 9.17) is 27.9 Å². The summed E-state index contributed by atoms with van der Waals surface area (Å²) in [7, 11) is 0. The molecule has 1 N–H and O–H groups in total. The van der Waals surface area contributed by atoms with E-state index in [0.29, 0.717) is 22.3 Å². The summed E-state index contributed by atoms with van der Waals surface area (Å²) in [6.07, 6.45) is 2.60. The van der Waals surface area contributed by atoms with Crippen molar-refractivity contribution in [2.24, 2.45) is 0 Å². The molecule has 0 radical (unpaired) electrons. The zero-order valence-electron chi connectivity index (χ0n) is 14.5. The molecule has 26 heavy (non-hydrogen) atoms. The summed E-state index contributed by atoms with van der Waals surface area (Å²) in [5.41, 5.74) is 2.37. The minimum absolute atomic E-state index is 0.104. The first-order valence-electron chi connectivity index (χ1n) is 8.75. The third-order valence-electron chi connectivity index (χ3n) is 4.37. The number of halogens is 2. The van der Waals surface area contributed by atoms with E-state index in [1.54, 1.807) is 18.2 Å². The van der Waals surface area contributed by atoms with E-state index in [9.17, 15) is 4.79 Å². The van der Waals surface area contributed by atoms with Crippen LogP contribution in [0, 0.1) is 0 Å². The Bertz CT molecular complexity index is 744. The average Bonchev–Trinajstić information content (AvgIpc) is 3.15. The molecular weight excluding hydrogens is 371 g/mol. The molecule has 0 saturated carbocycles. The number of rotatable bonds is 7. The summed E-state index contributed by atoms with van der Waals surface area (Å²) >= 11 is 11.9. The van der Waals surface area contributed by atoms with Gasteiger partial charge in [-0.25, -0.2) is 0 Å². The molecule has 3 rings (SSSR count). The second-order valence-electron chi connectivity index (χ2n) is 6.44. The fourth-order valence-corrected chi connectivity index (χ4v) is 3.28. The first-order valence-corrected chi connectivity index (χ1v) is 9.50. The van der Waals surface area contributed by atoms with Crippen LogP contribution in [-0.2, 0) is 17.9 Å². The van der Waals surface area contributed by atoms with Crippen LogP contribution in [0.25, 0.3) is 0 Å². The van der Waals surface area contributed by atoms with Crippen molar-refractivity contribution in [3.8, 4) is 5.75 Å². The van der Waals surface area contributed by atoms with E-state index in [2.05, 4.69) is 34.5 Å². The molecule has 138 valence electrons. The van der Waals surface area contributed by atoms with Crippen molar-refractivity contribution in [1.82, 2.24) is 10.2 Å². The summed E-state index contributed by atoms with van der Waals surface area (Å²) < 4.78 is 5.43. The van der Waals surface area contributed by atoms with Crippen LogP contribution >= 0.6 is 23.2 Å². The quantitative estimate of drug-likeness (QED) is 0.763. The lowest BCUT2D eigenvalue weighted by Crippen LogP contribution is -2.28. The van der Waals surface area contributed by atoms with Gasteiger partial charge in [0.1, 0.15) is 5.75 Å². The number of likely N-dealkylation sites (tertiary alicyclic amines) is 1. The summed E-state index contributed by atoms with van der Waals surface area (Å²) in [5, 5.41) is 3.78. The molecule has 0 unspecified atom stereocenters. The Balaban J connectivity index is 1.43. The predicted octanol–water partition coefficient (Wildman–Crippen LogP) is 4.28. The van der Waals surface area contributed by atoms with Crippen LogP contribution in [-0.4, -0.2) is 30.5 Å². The molecule has 0 bridgehead atoms. The van der Waals surface area contributed by atoms with Crippen molar-refractivity contribution >= 4 is 29.1 Å². The van der Waals surface area contributed by atoms with Crippen molar-refractivity contribution in [1.29, 1.82) is 0 Å². The van der Waals surface area contributed by atoms with E-state index in [1.165, 1.54) is 31.5 Å². The molecule has 1 heterocycles. The highest BCUT2D eigenvalue weighted by atomic mass is 35.5. The predicted molar refractivity (Wildman–Crippen MR) is 105 cm³/mol. The Labute approximate surface area is 164 Å². The Hall–Kier alpha value is -1.75. The molecule has 0 spiro atoms. The van der Waals surface area contributed by atoms with E-state index in [0.717, 1.165) is 12.1 Å². The fourth-order valence-electron chi connectivity index (χ4n) is 2.94. The summed E-state index contributed by atoms with van der Waals surface area (Å²) in [6, 6.07) is 13.3. The number of amides is 1. The van der Waals surface area contributed by atoms with E-state index in [-0.39, 0.29) is 12.5 Å². The molecule has 0 aliphatic carbocycles. The molecule has 4 nitrogen and oxygen atoms in total. The summed E-state index contributed by atoms with van der Waals surface area (Å²) in [4.78, 5) is 14.4. The molecule has 1 aliphatic rings. The van der Waals surface area contributed by atoms with Gasteiger partial charge in [0.2, 0.25) is 0 Å². The molecule has 0 aromatic heterocycles. The molecule has 1 aliphatic heterocycles. The van der Waals surface area contributed by atoms with Crippen molar-refractivity contribution in [3.63, 3.8) is 0 Å². The number of carbonyl (C=O) groups is 1. The topological polar surface area (TPSA) is 41.6 Å². The smallest absolute Gasteiger partial charge is 0.258 e. The molecule has 1 amide bonds. The second kappa shape index (κ2) is 9.26. The lowest BCUT2D eigenvalue weighted by molar-refractivity contribution is -0.123. The van der Waals surface area contributed by atoms with Crippen molar-refractivity contribution < 1.29 is 9.53 Å². The van der Waals surface area contributed by atoms with Crippen LogP contribution in [0.5, 0.6) is 5.75 Å². The maximum absolute atomic E-state index is 12.0. The monoisotopic (exact) mass is 392 g/mol. The summed E-state index contributed by atoms with van der Waals surface area (Å²) in [6.45, 7) is 3.74. The molecule has 2 aromatic rings. The Kier molecular flexibility index (Phi) is 6.78. The Morgan fingerprint density at radius 3 is 2.46 bits per heavy atom. The highest BCUT2D eigenvalue weighted by molar-refractivity contribution is 6.34. The maximum Gasteiger partial charge on any atom is 0.258 e. The van der Waals surface area contributed by atoms with Gasteiger partial charge in [-0.1, -0.05) is 47.5 Å². The van der Waals surface area contributed by atoms with Gasteiger partial charge < -0.3 is 10.1 Å². The SMILES string of the molecule is O=C(COc1cc(Cl)ccc1Cl)NCc1ccc(CN2CCCC2)cc1. The molecule has 6 heteroatoms. The van der Waals surface area contributed by atoms with Gasteiger partial charge in [-0.05, 0) is 49.2 Å². The second-order valence-corrected chi connectivity index (χ2v) is 7.28. The highest BCUT2D eigenvalue weighted by Crippen LogP contribution is 2.27. The largest absolute Gasteiger partial charge is 0.482 e. The summed E-state index contributed by atoms with van der Waals surface area (Å²) in [5.74, 6) is 0.197. The van der Waals surface area contributed by atoms with Crippen molar-refractivity contribution in [2.75, 3.05) is 19.7 Å². The van der Waals surface area contributed by atoms with Gasteiger partial charge in [0, 0.05) is 24.2 Å². The first kappa shape index (κ1) is 19.0. The zero-order valence-corrected chi connectivity index (χ0v) is 16.0. The van der Waals surface area contributed by atoms with Crippen molar-refractivity contribution in [2.45, 2.75) is 25.9 Å². The van der Waals surface area contributed by atoms with Crippen molar-refractivity contribution in [3.05, 3.63) is 63.6 Å². The molecule has 2 aromatic carbocycles. The fraction of sp³-hybridized carbons (Fsp3) is 0.350. The minimum atomic E-state index is -0.206. The number of hydrogen-bond acceptors (Lipinski definition) is 3. The van der Waals surface area contributed by atoms with Crippen LogP contribution in [0.15, 0.2) is 42.5 Å². The highest BCUT2D eigenvalue weighted by Gasteiger charge is 2.11. The molecule has 0 atom stereocenters. The normalized spacial score (nSPS) is 14.4. The number of nitrogens with zero attached hydrogens (tertiary/aromatic N) is 1. The Morgan fingerprint density at radius 1 is 1.04 bits per heavy atom. The molecule has 1 fully saturated rings. The number of carbonyl (C=O) groups excluding carboxylic acids is 1. The Morgan fingerprint density at radius 2 is 1.73 bits per heavy atom. The number of ether oxygens (including phenoxy) is 1. The van der Waals surface area contributed by atoms with E-state index >= 15 is 0 Å². The lowest BCUT2D eigenvalue weighted by atomic mass is 10.1. The van der Waals surface area contributed by atoms with Gasteiger partial charge in [-0.2, -0.15) is 0 Å². The van der Waals surface area contributed by atoms with Gasteiger partial charge >= 0.3 is 0 Å². The first-order chi connectivity index (χ1) is 12.6. The average molecular weight is 393 g/mol.